The number of hydrogen-bond donors (Lipinski definition) is 0. The summed E-state index contributed by atoms with van der Waals surface area (Å²) >= 11 is 0. The summed E-state index contributed by atoms with van der Waals surface area (Å²) in [6.07, 6.45) is -3.75. The Balaban J connectivity index is 2.10. The lowest BCUT2D eigenvalue weighted by Gasteiger charge is -2.44. The highest BCUT2D eigenvalue weighted by molar-refractivity contribution is 5.80. The Morgan fingerprint density at radius 1 is 0.812 bits per heavy atom. The first-order valence-corrected chi connectivity index (χ1v) is 10.0. The third kappa shape index (κ3) is 5.25. The summed E-state index contributed by atoms with van der Waals surface area (Å²) in [4.78, 5) is 47.1. The number of esters is 4. The molecule has 0 amide bonds. The smallest absolute Gasteiger partial charge is 0.303 e. The third-order valence-electron chi connectivity index (χ3n) is 4.87. The van der Waals surface area contributed by atoms with Crippen LogP contribution in [0.15, 0.2) is 36.5 Å². The third-order valence-corrected chi connectivity index (χ3v) is 4.87. The maximum absolute atomic E-state index is 11.9. The van der Waals surface area contributed by atoms with E-state index >= 15 is 0 Å². The minimum Gasteiger partial charge on any atom is -0.463 e. The molecule has 0 aliphatic carbocycles. The zero-order valence-corrected chi connectivity index (χ0v) is 18.2. The Hall–Kier alpha value is -3.40. The summed E-state index contributed by atoms with van der Waals surface area (Å²) in [6.45, 7) is 4.53. The molecular formula is C22H25NO9. The van der Waals surface area contributed by atoms with Crippen LogP contribution in [0.5, 0.6) is 0 Å². The molecule has 32 heavy (non-hydrogen) atoms. The first-order chi connectivity index (χ1) is 15.2. The molecule has 2 heterocycles. The summed E-state index contributed by atoms with van der Waals surface area (Å²) in [5.74, 6) is -2.55. The minimum atomic E-state index is -1.21. The van der Waals surface area contributed by atoms with Crippen molar-refractivity contribution in [3.63, 3.8) is 0 Å². The van der Waals surface area contributed by atoms with Gasteiger partial charge in [-0.25, -0.2) is 0 Å². The second-order valence-electron chi connectivity index (χ2n) is 7.37. The molecule has 3 rings (SSSR count). The lowest BCUT2D eigenvalue weighted by atomic mass is 9.97. The van der Waals surface area contributed by atoms with Crippen molar-refractivity contribution >= 4 is 34.8 Å². The van der Waals surface area contributed by atoms with E-state index in [9.17, 15) is 19.2 Å². The van der Waals surface area contributed by atoms with Crippen LogP contribution in [0.2, 0.25) is 0 Å². The lowest BCUT2D eigenvalue weighted by molar-refractivity contribution is -0.267. The SMILES string of the molecule is CC(=O)OC[C@@H]1O[C@@H](n2ccc3ccccc32)[C@@H](OC(C)=O)[C@@H](OC(C)=O)[C@@H]1OC(C)=O. The fourth-order valence-corrected chi connectivity index (χ4v) is 3.76. The Morgan fingerprint density at radius 2 is 1.41 bits per heavy atom. The van der Waals surface area contributed by atoms with E-state index in [0.717, 1.165) is 10.9 Å². The Labute approximate surface area is 184 Å². The number of rotatable bonds is 6. The van der Waals surface area contributed by atoms with Gasteiger partial charge in [0.15, 0.2) is 24.5 Å². The molecule has 5 atom stereocenters. The van der Waals surface area contributed by atoms with Gasteiger partial charge in [0.2, 0.25) is 0 Å². The molecule has 1 saturated heterocycles. The number of benzene rings is 1. The number of carbonyl (C=O) groups is 4. The molecule has 0 bridgehead atoms. The van der Waals surface area contributed by atoms with Gasteiger partial charge in [-0.1, -0.05) is 18.2 Å². The molecule has 172 valence electrons. The maximum Gasteiger partial charge on any atom is 0.303 e. The van der Waals surface area contributed by atoms with E-state index in [0.29, 0.717) is 0 Å². The molecule has 1 aromatic carbocycles. The molecule has 0 unspecified atom stereocenters. The van der Waals surface area contributed by atoms with Crippen molar-refractivity contribution in [2.24, 2.45) is 0 Å². The van der Waals surface area contributed by atoms with E-state index in [1.807, 2.05) is 30.3 Å². The maximum atomic E-state index is 11.9. The first-order valence-electron chi connectivity index (χ1n) is 10.0. The molecule has 2 aromatic rings. The van der Waals surface area contributed by atoms with E-state index in [-0.39, 0.29) is 6.61 Å². The van der Waals surface area contributed by atoms with Gasteiger partial charge in [-0.05, 0) is 17.5 Å². The van der Waals surface area contributed by atoms with Crippen molar-refractivity contribution in [1.29, 1.82) is 0 Å². The molecular weight excluding hydrogens is 422 g/mol. The molecule has 0 spiro atoms. The number of fused-ring (bicyclic) bond motifs is 1. The second kappa shape index (κ2) is 9.82. The van der Waals surface area contributed by atoms with Crippen LogP contribution >= 0.6 is 0 Å². The molecule has 1 aromatic heterocycles. The molecule has 1 fully saturated rings. The van der Waals surface area contributed by atoms with Gasteiger partial charge in [0.1, 0.15) is 12.7 Å². The van der Waals surface area contributed by atoms with Crippen LogP contribution in [0.1, 0.15) is 33.9 Å². The highest BCUT2D eigenvalue weighted by atomic mass is 16.7. The van der Waals surface area contributed by atoms with Gasteiger partial charge < -0.3 is 28.3 Å². The van der Waals surface area contributed by atoms with Crippen LogP contribution in [0, 0.1) is 0 Å². The predicted octanol–water partition coefficient (Wildman–Crippen LogP) is 1.90. The van der Waals surface area contributed by atoms with Crippen molar-refractivity contribution in [2.75, 3.05) is 6.61 Å². The van der Waals surface area contributed by atoms with Gasteiger partial charge in [-0.15, -0.1) is 0 Å². The molecule has 1 aliphatic heterocycles. The zero-order valence-electron chi connectivity index (χ0n) is 18.2. The fourth-order valence-electron chi connectivity index (χ4n) is 3.76. The van der Waals surface area contributed by atoms with Crippen LogP contribution in [-0.4, -0.2) is 59.5 Å². The minimum absolute atomic E-state index is 0.270. The Kier molecular flexibility index (Phi) is 7.14. The average molecular weight is 447 g/mol. The molecule has 10 heteroatoms. The van der Waals surface area contributed by atoms with Crippen LogP contribution < -0.4 is 0 Å². The van der Waals surface area contributed by atoms with Crippen molar-refractivity contribution in [3.8, 4) is 0 Å². The number of ether oxygens (including phenoxy) is 5. The summed E-state index contributed by atoms with van der Waals surface area (Å²) in [5, 5.41) is 0.903. The summed E-state index contributed by atoms with van der Waals surface area (Å²) in [5.41, 5.74) is 0.772. The van der Waals surface area contributed by atoms with E-state index in [4.69, 9.17) is 23.7 Å². The Morgan fingerprint density at radius 3 is 2.03 bits per heavy atom. The van der Waals surface area contributed by atoms with E-state index in [2.05, 4.69) is 0 Å². The summed E-state index contributed by atoms with van der Waals surface area (Å²) < 4.78 is 29.4. The zero-order chi connectivity index (χ0) is 23.4. The number of nitrogens with zero attached hydrogens (tertiary/aromatic N) is 1. The van der Waals surface area contributed by atoms with E-state index < -0.39 is 54.5 Å². The Bertz CT molecular complexity index is 1010. The van der Waals surface area contributed by atoms with Gasteiger partial charge in [0, 0.05) is 33.9 Å². The van der Waals surface area contributed by atoms with Crippen molar-refractivity contribution in [2.45, 2.75) is 58.3 Å². The summed E-state index contributed by atoms with van der Waals surface area (Å²) in [6, 6.07) is 9.31. The topological polar surface area (TPSA) is 119 Å². The highest BCUT2D eigenvalue weighted by Crippen LogP contribution is 2.36. The average Bonchev–Trinajstić information content (AvgIpc) is 3.12. The molecule has 0 saturated carbocycles. The van der Waals surface area contributed by atoms with Crippen LogP contribution in [0.4, 0.5) is 0 Å². The quantitative estimate of drug-likeness (QED) is 0.483. The van der Waals surface area contributed by atoms with Gasteiger partial charge in [-0.3, -0.25) is 19.2 Å². The number of hydrogen-bond acceptors (Lipinski definition) is 9. The summed E-state index contributed by atoms with van der Waals surface area (Å²) in [7, 11) is 0. The molecule has 1 aliphatic rings. The van der Waals surface area contributed by atoms with Gasteiger partial charge in [0.25, 0.3) is 0 Å². The van der Waals surface area contributed by atoms with Gasteiger partial charge >= 0.3 is 23.9 Å². The highest BCUT2D eigenvalue weighted by Gasteiger charge is 2.52. The van der Waals surface area contributed by atoms with Crippen molar-refractivity contribution in [3.05, 3.63) is 36.5 Å². The number of aromatic nitrogens is 1. The molecule has 0 N–H and O–H groups in total. The van der Waals surface area contributed by atoms with Crippen molar-refractivity contribution in [1.82, 2.24) is 4.57 Å². The fraction of sp³-hybridized carbons (Fsp3) is 0.455. The van der Waals surface area contributed by atoms with Crippen molar-refractivity contribution < 1.29 is 42.9 Å². The van der Waals surface area contributed by atoms with Gasteiger partial charge in [-0.2, -0.15) is 0 Å². The largest absolute Gasteiger partial charge is 0.463 e. The van der Waals surface area contributed by atoms with Gasteiger partial charge in [0.05, 0.1) is 5.52 Å². The normalized spacial score (nSPS) is 25.1. The number of para-hydroxylation sites is 1. The monoisotopic (exact) mass is 447 g/mol. The predicted molar refractivity (Wildman–Crippen MR) is 109 cm³/mol. The molecule has 0 radical (unpaired) electrons. The second-order valence-corrected chi connectivity index (χ2v) is 7.37. The van der Waals surface area contributed by atoms with Crippen LogP contribution in [-0.2, 0) is 42.9 Å². The van der Waals surface area contributed by atoms with E-state index in [1.165, 1.54) is 27.7 Å². The standard InChI is InChI=1S/C22H25NO9/c1-12(24)28-11-18-19(29-13(2)25)20(30-14(3)26)21(31-15(4)27)22(32-18)23-10-9-16-7-5-6-8-17(16)23/h5-10,18-22H,11H2,1-4H3/t18-,19+,20-,21-,22+/m0/s1. The lowest BCUT2D eigenvalue weighted by Crippen LogP contribution is -2.60. The van der Waals surface area contributed by atoms with Crippen LogP contribution in [0.25, 0.3) is 10.9 Å². The van der Waals surface area contributed by atoms with Crippen LogP contribution in [0.3, 0.4) is 0 Å². The number of carbonyl (C=O) groups excluding carboxylic acids is 4. The first kappa shape index (κ1) is 23.3. The van der Waals surface area contributed by atoms with E-state index in [1.54, 1.807) is 10.8 Å². The molecule has 10 nitrogen and oxygen atoms in total.